The van der Waals surface area contributed by atoms with Gasteiger partial charge < -0.3 is 16.2 Å². The van der Waals surface area contributed by atoms with Crippen LogP contribution in [-0.4, -0.2) is 21.5 Å². The minimum atomic E-state index is -0.788. The molecule has 0 saturated heterocycles. The molecule has 0 atom stereocenters. The number of aryl methyl sites for hydroxylation is 1. The molecule has 1 aromatic rings. The van der Waals surface area contributed by atoms with Gasteiger partial charge in [0.25, 0.3) is 5.91 Å². The Bertz CT molecular complexity index is 470. The van der Waals surface area contributed by atoms with Crippen molar-refractivity contribution in [3.05, 3.63) is 29.3 Å². The SMILES string of the molecule is Cc1ccc(C(=O)NC(C)(C)C(N)=S)c(O)c1. The molecule has 0 heterocycles. The van der Waals surface area contributed by atoms with Gasteiger partial charge in [-0.1, -0.05) is 18.3 Å². The Kier molecular flexibility index (Phi) is 3.72. The van der Waals surface area contributed by atoms with Gasteiger partial charge in [-0.2, -0.15) is 0 Å². The number of phenolic OH excluding ortho intramolecular Hbond substituents is 1. The number of amides is 1. The number of hydrogen-bond acceptors (Lipinski definition) is 3. The minimum absolute atomic E-state index is 0.0544. The van der Waals surface area contributed by atoms with Crippen LogP contribution >= 0.6 is 12.2 Å². The number of hydrogen-bond donors (Lipinski definition) is 3. The average Bonchev–Trinajstić information content (AvgIpc) is 2.15. The molecule has 0 saturated carbocycles. The van der Waals surface area contributed by atoms with E-state index in [2.05, 4.69) is 5.32 Å². The predicted molar refractivity (Wildman–Crippen MR) is 71.2 cm³/mol. The number of carbonyl (C=O) groups is 1. The fourth-order valence-electron chi connectivity index (χ4n) is 1.25. The Labute approximate surface area is 106 Å². The number of thiocarbonyl (C=S) groups is 1. The highest BCUT2D eigenvalue weighted by atomic mass is 32.1. The summed E-state index contributed by atoms with van der Waals surface area (Å²) in [5, 5.41) is 12.3. The van der Waals surface area contributed by atoms with E-state index in [4.69, 9.17) is 18.0 Å². The molecule has 1 rings (SSSR count). The van der Waals surface area contributed by atoms with Crippen molar-refractivity contribution in [1.82, 2.24) is 5.32 Å². The second-order valence-electron chi connectivity index (χ2n) is 4.46. The van der Waals surface area contributed by atoms with Crippen molar-refractivity contribution >= 4 is 23.1 Å². The molecule has 0 bridgehead atoms. The lowest BCUT2D eigenvalue weighted by Crippen LogP contribution is -2.52. The zero-order chi connectivity index (χ0) is 13.2. The summed E-state index contributed by atoms with van der Waals surface area (Å²) in [5.74, 6) is -0.457. The maximum absolute atomic E-state index is 11.9. The van der Waals surface area contributed by atoms with Crippen molar-refractivity contribution in [2.24, 2.45) is 5.73 Å². The average molecular weight is 252 g/mol. The zero-order valence-corrected chi connectivity index (χ0v) is 10.9. The predicted octanol–water partition coefficient (Wildman–Crippen LogP) is 1.50. The van der Waals surface area contributed by atoms with Crippen molar-refractivity contribution in [2.45, 2.75) is 26.3 Å². The van der Waals surface area contributed by atoms with E-state index in [1.54, 1.807) is 26.0 Å². The number of aromatic hydroxyl groups is 1. The monoisotopic (exact) mass is 252 g/mol. The molecule has 0 spiro atoms. The number of phenols is 1. The second kappa shape index (κ2) is 4.71. The molecule has 0 aliphatic heterocycles. The Balaban J connectivity index is 2.95. The molecule has 0 aromatic heterocycles. The second-order valence-corrected chi connectivity index (χ2v) is 4.90. The van der Waals surface area contributed by atoms with E-state index < -0.39 is 11.4 Å². The van der Waals surface area contributed by atoms with E-state index >= 15 is 0 Å². The van der Waals surface area contributed by atoms with Gasteiger partial charge in [0.1, 0.15) is 5.75 Å². The molecule has 17 heavy (non-hydrogen) atoms. The first-order valence-electron chi connectivity index (χ1n) is 5.16. The van der Waals surface area contributed by atoms with E-state index in [9.17, 15) is 9.90 Å². The molecule has 5 heteroatoms. The highest BCUT2D eigenvalue weighted by molar-refractivity contribution is 7.80. The van der Waals surface area contributed by atoms with Crippen molar-refractivity contribution < 1.29 is 9.90 Å². The van der Waals surface area contributed by atoms with Gasteiger partial charge in [-0.15, -0.1) is 0 Å². The third-order valence-corrected chi connectivity index (χ3v) is 2.95. The molecule has 0 unspecified atom stereocenters. The molecule has 1 amide bonds. The molecule has 1 aromatic carbocycles. The van der Waals surface area contributed by atoms with Gasteiger partial charge in [-0.05, 0) is 38.5 Å². The van der Waals surface area contributed by atoms with Crippen LogP contribution < -0.4 is 11.1 Å². The quantitative estimate of drug-likeness (QED) is 0.713. The zero-order valence-electron chi connectivity index (χ0n) is 10.1. The van der Waals surface area contributed by atoms with E-state index in [1.165, 1.54) is 6.07 Å². The summed E-state index contributed by atoms with van der Waals surface area (Å²) in [6.45, 7) is 5.25. The Morgan fingerprint density at radius 3 is 2.53 bits per heavy atom. The van der Waals surface area contributed by atoms with E-state index in [1.807, 2.05) is 6.92 Å². The van der Waals surface area contributed by atoms with Crippen LogP contribution in [0, 0.1) is 6.92 Å². The van der Waals surface area contributed by atoms with Crippen molar-refractivity contribution in [2.75, 3.05) is 0 Å². The van der Waals surface area contributed by atoms with Crippen molar-refractivity contribution in [1.29, 1.82) is 0 Å². The summed E-state index contributed by atoms with van der Waals surface area (Å²) in [6, 6.07) is 4.85. The first kappa shape index (κ1) is 13.4. The van der Waals surface area contributed by atoms with Crippen LogP contribution in [0.5, 0.6) is 5.75 Å². The summed E-state index contributed by atoms with van der Waals surface area (Å²) in [6.07, 6.45) is 0. The van der Waals surface area contributed by atoms with Crippen molar-refractivity contribution in [3.8, 4) is 5.75 Å². The molecule has 92 valence electrons. The smallest absolute Gasteiger partial charge is 0.255 e. The Morgan fingerprint density at radius 2 is 2.06 bits per heavy atom. The van der Waals surface area contributed by atoms with Gasteiger partial charge in [0.05, 0.1) is 16.1 Å². The van der Waals surface area contributed by atoms with Crippen molar-refractivity contribution in [3.63, 3.8) is 0 Å². The highest BCUT2D eigenvalue weighted by Gasteiger charge is 2.25. The van der Waals surface area contributed by atoms with Crippen LogP contribution in [0.1, 0.15) is 29.8 Å². The molecule has 4 nitrogen and oxygen atoms in total. The van der Waals surface area contributed by atoms with Gasteiger partial charge >= 0.3 is 0 Å². The number of nitrogens with one attached hydrogen (secondary N) is 1. The fraction of sp³-hybridized carbons (Fsp3) is 0.333. The van der Waals surface area contributed by atoms with Crippen LogP contribution in [0.3, 0.4) is 0 Å². The number of carbonyl (C=O) groups excluding carboxylic acids is 1. The minimum Gasteiger partial charge on any atom is -0.507 e. The Hall–Kier alpha value is -1.62. The van der Waals surface area contributed by atoms with Gasteiger partial charge in [-0.25, -0.2) is 0 Å². The normalized spacial score (nSPS) is 11.0. The summed E-state index contributed by atoms with van der Waals surface area (Å²) in [4.78, 5) is 12.1. The number of benzene rings is 1. The highest BCUT2D eigenvalue weighted by Crippen LogP contribution is 2.19. The van der Waals surface area contributed by atoms with E-state index in [0.29, 0.717) is 0 Å². The summed E-state index contributed by atoms with van der Waals surface area (Å²) < 4.78 is 0. The third-order valence-electron chi connectivity index (χ3n) is 2.44. The summed E-state index contributed by atoms with van der Waals surface area (Å²) in [5.41, 5.74) is 5.82. The van der Waals surface area contributed by atoms with E-state index in [-0.39, 0.29) is 16.3 Å². The first-order valence-corrected chi connectivity index (χ1v) is 5.57. The van der Waals surface area contributed by atoms with E-state index in [0.717, 1.165) is 5.56 Å². The lowest BCUT2D eigenvalue weighted by molar-refractivity contribution is 0.0929. The maximum Gasteiger partial charge on any atom is 0.255 e. The number of rotatable bonds is 3. The largest absolute Gasteiger partial charge is 0.507 e. The van der Waals surface area contributed by atoms with Crippen LogP contribution in [0.25, 0.3) is 0 Å². The van der Waals surface area contributed by atoms with Gasteiger partial charge in [-0.3, -0.25) is 4.79 Å². The molecule has 4 N–H and O–H groups in total. The van der Waals surface area contributed by atoms with Gasteiger partial charge in [0.15, 0.2) is 0 Å². The van der Waals surface area contributed by atoms with Crippen LogP contribution in [0.4, 0.5) is 0 Å². The summed E-state index contributed by atoms with van der Waals surface area (Å²) in [7, 11) is 0. The topological polar surface area (TPSA) is 75.4 Å². The lowest BCUT2D eigenvalue weighted by atomic mass is 10.0. The molecule has 0 fully saturated rings. The molecular formula is C12H16N2O2S. The van der Waals surface area contributed by atoms with Crippen LogP contribution in [-0.2, 0) is 0 Å². The molecule has 0 aliphatic rings. The number of nitrogens with two attached hydrogens (primary N) is 1. The standard InChI is InChI=1S/C12H16N2O2S/c1-7-4-5-8(9(15)6-7)10(16)14-12(2,3)11(13)17/h4-6,15H,1-3H3,(H2,13,17)(H,14,16). The van der Waals surface area contributed by atoms with Gasteiger partial charge in [0.2, 0.25) is 0 Å². The van der Waals surface area contributed by atoms with Crippen LogP contribution in [0.15, 0.2) is 18.2 Å². The fourth-order valence-corrected chi connectivity index (χ4v) is 1.30. The van der Waals surface area contributed by atoms with Crippen LogP contribution in [0.2, 0.25) is 0 Å². The third kappa shape index (κ3) is 3.17. The maximum atomic E-state index is 11.9. The molecule has 0 aliphatic carbocycles. The first-order chi connectivity index (χ1) is 7.74. The molecular weight excluding hydrogens is 236 g/mol. The molecule has 0 radical (unpaired) electrons. The Morgan fingerprint density at radius 1 is 1.47 bits per heavy atom. The van der Waals surface area contributed by atoms with Gasteiger partial charge in [0, 0.05) is 0 Å². The summed E-state index contributed by atoms with van der Waals surface area (Å²) >= 11 is 4.85. The lowest BCUT2D eigenvalue weighted by Gasteiger charge is -2.24.